The van der Waals surface area contributed by atoms with E-state index in [0.29, 0.717) is 17.0 Å². The van der Waals surface area contributed by atoms with Gasteiger partial charge in [-0.1, -0.05) is 108 Å². The Bertz CT molecular complexity index is 1370. The molecule has 0 aliphatic carbocycles. The zero-order valence-electron chi connectivity index (χ0n) is 24.0. The van der Waals surface area contributed by atoms with Gasteiger partial charge in [0.2, 0.25) is 0 Å². The fraction of sp³-hybridized carbons (Fsp3) is 0.294. The van der Waals surface area contributed by atoms with Crippen LogP contribution in [-0.4, -0.2) is 13.0 Å². The highest BCUT2D eigenvalue weighted by atomic mass is 32.2. The molecule has 0 aliphatic rings. The number of hydrogen-bond acceptors (Lipinski definition) is 3. The maximum Gasteiger partial charge on any atom is 0.166 e. The minimum Gasteiger partial charge on any atom is -0.744 e. The molecule has 206 valence electrons. The topological polar surface area (TPSA) is 57.2 Å². The predicted octanol–water partition coefficient (Wildman–Crippen LogP) is 9.05. The summed E-state index contributed by atoms with van der Waals surface area (Å²) < 4.78 is 34.8. The van der Waals surface area contributed by atoms with Crippen molar-refractivity contribution in [3.05, 3.63) is 119 Å². The van der Waals surface area contributed by atoms with E-state index in [4.69, 9.17) is 0 Å². The molecule has 4 aromatic carbocycles. The molecule has 0 amide bonds. The monoisotopic (exact) mass is 560 g/mol. The van der Waals surface area contributed by atoms with Crippen molar-refractivity contribution in [2.24, 2.45) is 0 Å². The SMILES string of the molecule is CC(C)c1cc(C(C)C)c(S(=O)(=O)[O-])c(C(C)C)c1.Cc1ccc([S+](c2ccccc2)c2ccccc2)cc1. The summed E-state index contributed by atoms with van der Waals surface area (Å²) in [7, 11) is -4.47. The first-order valence-electron chi connectivity index (χ1n) is 13.4. The van der Waals surface area contributed by atoms with Crippen molar-refractivity contribution >= 4 is 21.0 Å². The predicted molar refractivity (Wildman–Crippen MR) is 163 cm³/mol. The van der Waals surface area contributed by atoms with Crippen molar-refractivity contribution in [1.29, 1.82) is 0 Å². The molecule has 0 unspecified atom stereocenters. The molecule has 0 aromatic heterocycles. The van der Waals surface area contributed by atoms with Crippen LogP contribution in [0.3, 0.4) is 0 Å². The van der Waals surface area contributed by atoms with E-state index in [1.54, 1.807) is 0 Å². The quantitative estimate of drug-likeness (QED) is 0.167. The van der Waals surface area contributed by atoms with Crippen LogP contribution in [0.4, 0.5) is 0 Å². The van der Waals surface area contributed by atoms with Crippen LogP contribution in [0.2, 0.25) is 0 Å². The summed E-state index contributed by atoms with van der Waals surface area (Å²) in [6.45, 7) is 13.9. The van der Waals surface area contributed by atoms with Crippen LogP contribution in [0.5, 0.6) is 0 Å². The minimum absolute atomic E-state index is 0.00919. The molecule has 0 N–H and O–H groups in total. The van der Waals surface area contributed by atoms with E-state index >= 15 is 0 Å². The third-order valence-electron chi connectivity index (χ3n) is 6.54. The van der Waals surface area contributed by atoms with Crippen LogP contribution >= 0.6 is 0 Å². The molecule has 0 saturated heterocycles. The molecule has 0 atom stereocenters. The number of hydrogen-bond donors (Lipinski definition) is 0. The first-order valence-corrected chi connectivity index (χ1v) is 16.1. The van der Waals surface area contributed by atoms with Crippen LogP contribution in [0.1, 0.15) is 81.5 Å². The first-order chi connectivity index (χ1) is 18.4. The average molecular weight is 561 g/mol. The van der Waals surface area contributed by atoms with Gasteiger partial charge in [0.15, 0.2) is 14.7 Å². The van der Waals surface area contributed by atoms with Crippen molar-refractivity contribution in [3.8, 4) is 0 Å². The van der Waals surface area contributed by atoms with E-state index in [2.05, 4.69) is 106 Å². The van der Waals surface area contributed by atoms with Crippen molar-refractivity contribution in [2.45, 2.75) is 85.8 Å². The molecule has 4 aromatic rings. The van der Waals surface area contributed by atoms with Gasteiger partial charge >= 0.3 is 0 Å². The largest absolute Gasteiger partial charge is 0.744 e. The second-order valence-corrected chi connectivity index (χ2v) is 14.0. The number of aryl methyl sites for hydroxylation is 1. The lowest BCUT2D eigenvalue weighted by atomic mass is 9.89. The summed E-state index contributed by atoms with van der Waals surface area (Å²) in [4.78, 5) is 4.08. The van der Waals surface area contributed by atoms with Gasteiger partial charge in [0, 0.05) is 0 Å². The van der Waals surface area contributed by atoms with E-state index in [1.807, 2.05) is 39.8 Å². The van der Waals surface area contributed by atoms with Gasteiger partial charge in [-0.25, -0.2) is 8.42 Å². The summed E-state index contributed by atoms with van der Waals surface area (Å²) in [5.74, 6) is 0.322. The molecule has 4 rings (SSSR count). The molecule has 0 aliphatic heterocycles. The van der Waals surface area contributed by atoms with E-state index in [-0.39, 0.29) is 27.6 Å². The van der Waals surface area contributed by atoms with Gasteiger partial charge in [-0.15, -0.1) is 0 Å². The molecule has 0 heterocycles. The van der Waals surface area contributed by atoms with E-state index < -0.39 is 10.1 Å². The molecule has 0 spiro atoms. The van der Waals surface area contributed by atoms with Crippen LogP contribution in [0.25, 0.3) is 0 Å². The van der Waals surface area contributed by atoms with Crippen molar-refractivity contribution in [3.63, 3.8) is 0 Å². The molecular weight excluding hydrogens is 521 g/mol. The Labute approximate surface area is 238 Å². The smallest absolute Gasteiger partial charge is 0.166 e. The van der Waals surface area contributed by atoms with Gasteiger partial charge in [0.25, 0.3) is 0 Å². The normalized spacial score (nSPS) is 11.7. The van der Waals surface area contributed by atoms with Crippen molar-refractivity contribution in [1.82, 2.24) is 0 Å². The molecule has 0 radical (unpaired) electrons. The summed E-state index contributed by atoms with van der Waals surface area (Å²) in [6.07, 6.45) is 0. The van der Waals surface area contributed by atoms with Crippen LogP contribution < -0.4 is 0 Å². The molecule has 5 heteroatoms. The Balaban J connectivity index is 0.000000216. The summed E-state index contributed by atoms with van der Waals surface area (Å²) >= 11 is 0. The highest BCUT2D eigenvalue weighted by Gasteiger charge is 2.27. The fourth-order valence-corrected chi connectivity index (χ4v) is 7.62. The van der Waals surface area contributed by atoms with Gasteiger partial charge in [0.1, 0.15) is 10.1 Å². The minimum atomic E-state index is -4.45. The lowest BCUT2D eigenvalue weighted by molar-refractivity contribution is 0.459. The van der Waals surface area contributed by atoms with Crippen molar-refractivity contribution in [2.75, 3.05) is 0 Å². The fourth-order valence-electron chi connectivity index (χ4n) is 4.37. The molecule has 0 fully saturated rings. The second kappa shape index (κ2) is 13.5. The molecule has 39 heavy (non-hydrogen) atoms. The average Bonchev–Trinajstić information content (AvgIpc) is 2.90. The van der Waals surface area contributed by atoms with E-state index in [0.717, 1.165) is 5.56 Å². The summed E-state index contributed by atoms with van der Waals surface area (Å²) in [6, 6.07) is 34.1. The third kappa shape index (κ3) is 8.07. The Morgan fingerprint density at radius 2 is 0.974 bits per heavy atom. The van der Waals surface area contributed by atoms with Gasteiger partial charge in [-0.3, -0.25) is 0 Å². The highest BCUT2D eigenvalue weighted by molar-refractivity contribution is 7.97. The number of benzene rings is 4. The molecule has 0 bridgehead atoms. The molecule has 3 nitrogen and oxygen atoms in total. The second-order valence-electron chi connectivity index (χ2n) is 10.7. The Hall–Kier alpha value is -2.86. The van der Waals surface area contributed by atoms with Crippen LogP contribution in [0, 0.1) is 6.92 Å². The summed E-state index contributed by atoms with van der Waals surface area (Å²) in [5.41, 5.74) is 3.67. The first kappa shape index (κ1) is 30.7. The third-order valence-corrected chi connectivity index (χ3v) is 9.75. The van der Waals surface area contributed by atoms with Gasteiger partial charge < -0.3 is 4.55 Å². The highest BCUT2D eigenvalue weighted by Crippen LogP contribution is 2.35. The molecule has 0 saturated carbocycles. The Kier molecular flexibility index (Phi) is 10.6. The van der Waals surface area contributed by atoms with Gasteiger partial charge in [-0.2, -0.15) is 0 Å². The van der Waals surface area contributed by atoms with Crippen molar-refractivity contribution < 1.29 is 13.0 Å². The van der Waals surface area contributed by atoms with Crippen LogP contribution in [-0.2, 0) is 21.0 Å². The Morgan fingerprint density at radius 1 is 0.590 bits per heavy atom. The lowest BCUT2D eigenvalue weighted by Gasteiger charge is -2.24. The maximum atomic E-state index is 11.6. The zero-order chi connectivity index (χ0) is 28.7. The Morgan fingerprint density at radius 3 is 1.31 bits per heavy atom. The zero-order valence-corrected chi connectivity index (χ0v) is 25.6. The van der Waals surface area contributed by atoms with Crippen LogP contribution in [0.15, 0.2) is 117 Å². The number of rotatable bonds is 7. The molecular formula is C34H40O3S2. The van der Waals surface area contributed by atoms with Gasteiger partial charge in [-0.05, 0) is 77.8 Å². The van der Waals surface area contributed by atoms with E-state index in [1.165, 1.54) is 20.2 Å². The standard InChI is InChI=1S/C19H17S.C15H24O3S/c1-16-12-14-19(15-13-16)20(17-8-4-2-5-9-17)18-10-6-3-7-11-18;1-9(2)12-7-13(10(3)4)15(19(16,17)18)14(8-12)11(5)6/h2-15H,1H3;7-11H,1-6H3,(H,16,17,18)/q+1;/p-1. The lowest BCUT2D eigenvalue weighted by Crippen LogP contribution is -2.11. The summed E-state index contributed by atoms with van der Waals surface area (Å²) in [5, 5.41) is 0. The maximum absolute atomic E-state index is 11.6. The van der Waals surface area contributed by atoms with E-state index in [9.17, 15) is 13.0 Å². The van der Waals surface area contributed by atoms with Gasteiger partial charge in [0.05, 0.1) is 15.8 Å².